The predicted molar refractivity (Wildman–Crippen MR) is 66.7 cm³/mol. The molecule has 17 heavy (non-hydrogen) atoms. The summed E-state index contributed by atoms with van der Waals surface area (Å²) < 4.78 is 20.1. The van der Waals surface area contributed by atoms with Crippen molar-refractivity contribution in [1.82, 2.24) is 4.37 Å². The fraction of sp³-hybridized carbons (Fsp3) is 0.700. The summed E-state index contributed by atoms with van der Waals surface area (Å²) in [5.74, 6) is 1.01. The molecule has 1 unspecified atom stereocenters. The molecule has 3 N–H and O–H groups in total. The normalized spacial score (nSPS) is 23.9. The highest BCUT2D eigenvalue weighted by Gasteiger charge is 2.35. The SMILES string of the molecule is COc1c(N)nsc1NCC1(OC)CCOC1. The molecular weight excluding hydrogens is 242 g/mol. The Bertz CT molecular complexity index is 377. The van der Waals surface area contributed by atoms with Gasteiger partial charge in [-0.1, -0.05) is 0 Å². The van der Waals surface area contributed by atoms with Crippen LogP contribution < -0.4 is 15.8 Å². The van der Waals surface area contributed by atoms with Crippen LogP contribution in [0.1, 0.15) is 6.42 Å². The Morgan fingerprint density at radius 3 is 3.00 bits per heavy atom. The Hall–Kier alpha value is -1.05. The van der Waals surface area contributed by atoms with Crippen LogP contribution in [0.15, 0.2) is 0 Å². The van der Waals surface area contributed by atoms with Crippen LogP contribution in [0.3, 0.4) is 0 Å². The number of nitrogens with one attached hydrogen (secondary N) is 1. The second-order valence-corrected chi connectivity index (χ2v) is 4.75. The first-order chi connectivity index (χ1) is 8.21. The van der Waals surface area contributed by atoms with Crippen LogP contribution >= 0.6 is 11.5 Å². The van der Waals surface area contributed by atoms with Crippen molar-refractivity contribution in [2.75, 3.05) is 45.0 Å². The van der Waals surface area contributed by atoms with Gasteiger partial charge < -0.3 is 25.3 Å². The van der Waals surface area contributed by atoms with Crippen LogP contribution in [0.5, 0.6) is 5.75 Å². The minimum absolute atomic E-state index is 0.260. The molecule has 1 fully saturated rings. The second kappa shape index (κ2) is 5.07. The van der Waals surface area contributed by atoms with E-state index in [0.29, 0.717) is 24.7 Å². The molecule has 0 amide bonds. The maximum absolute atomic E-state index is 5.68. The van der Waals surface area contributed by atoms with Crippen LogP contribution in [0.2, 0.25) is 0 Å². The van der Waals surface area contributed by atoms with E-state index in [2.05, 4.69) is 9.69 Å². The van der Waals surface area contributed by atoms with Gasteiger partial charge in [-0.25, -0.2) is 0 Å². The van der Waals surface area contributed by atoms with Gasteiger partial charge in [-0.3, -0.25) is 0 Å². The van der Waals surface area contributed by atoms with Gasteiger partial charge in [0, 0.05) is 26.7 Å². The summed E-state index contributed by atoms with van der Waals surface area (Å²) in [6.07, 6.45) is 0.882. The number of rotatable bonds is 5. The third-order valence-corrected chi connectivity index (χ3v) is 3.75. The standard InChI is InChI=1S/C10H17N3O3S/c1-14-7-8(11)13-17-9(7)12-5-10(15-2)3-4-16-6-10/h12H,3-6H2,1-2H3,(H2,11,13). The fourth-order valence-electron chi connectivity index (χ4n) is 1.81. The fourth-order valence-corrected chi connectivity index (χ4v) is 2.49. The van der Waals surface area contributed by atoms with Gasteiger partial charge in [0.2, 0.25) is 0 Å². The van der Waals surface area contributed by atoms with E-state index >= 15 is 0 Å². The van der Waals surface area contributed by atoms with Crippen LogP contribution in [0.25, 0.3) is 0 Å². The van der Waals surface area contributed by atoms with E-state index in [1.807, 2.05) is 0 Å². The summed E-state index contributed by atoms with van der Waals surface area (Å²) in [4.78, 5) is 0. The van der Waals surface area contributed by atoms with Crippen molar-refractivity contribution in [3.63, 3.8) is 0 Å². The van der Waals surface area contributed by atoms with E-state index in [9.17, 15) is 0 Å². The molecule has 0 aliphatic carbocycles. The van der Waals surface area contributed by atoms with Crippen molar-refractivity contribution in [2.45, 2.75) is 12.0 Å². The summed E-state index contributed by atoms with van der Waals surface area (Å²) in [6.45, 7) is 1.99. The summed E-state index contributed by atoms with van der Waals surface area (Å²) in [6, 6.07) is 0. The second-order valence-electron chi connectivity index (χ2n) is 3.97. The zero-order valence-corrected chi connectivity index (χ0v) is 10.8. The monoisotopic (exact) mass is 259 g/mol. The van der Waals surface area contributed by atoms with Gasteiger partial charge in [0.25, 0.3) is 0 Å². The lowest BCUT2D eigenvalue weighted by Crippen LogP contribution is -2.39. The molecule has 1 aromatic heterocycles. The van der Waals surface area contributed by atoms with E-state index in [1.54, 1.807) is 14.2 Å². The van der Waals surface area contributed by atoms with Crippen molar-refractivity contribution < 1.29 is 14.2 Å². The minimum atomic E-state index is -0.260. The van der Waals surface area contributed by atoms with Crippen molar-refractivity contribution >= 4 is 22.4 Å². The number of nitrogens with two attached hydrogens (primary N) is 1. The Kier molecular flexibility index (Phi) is 3.70. The Morgan fingerprint density at radius 2 is 2.41 bits per heavy atom. The smallest absolute Gasteiger partial charge is 0.197 e. The zero-order valence-electron chi connectivity index (χ0n) is 9.99. The van der Waals surface area contributed by atoms with Gasteiger partial charge in [0.1, 0.15) is 5.60 Å². The molecule has 0 bridgehead atoms. The van der Waals surface area contributed by atoms with E-state index < -0.39 is 0 Å². The quantitative estimate of drug-likeness (QED) is 0.819. The molecule has 0 radical (unpaired) electrons. The maximum atomic E-state index is 5.68. The number of methoxy groups -OCH3 is 2. The molecule has 2 heterocycles. The molecular formula is C10H17N3O3S. The van der Waals surface area contributed by atoms with Crippen LogP contribution in [0, 0.1) is 0 Å². The number of nitrogens with zero attached hydrogens (tertiary/aromatic N) is 1. The lowest BCUT2D eigenvalue weighted by molar-refractivity contribution is -0.00617. The highest BCUT2D eigenvalue weighted by Crippen LogP contribution is 2.35. The van der Waals surface area contributed by atoms with E-state index in [-0.39, 0.29) is 5.60 Å². The van der Waals surface area contributed by atoms with Crippen molar-refractivity contribution in [3.05, 3.63) is 0 Å². The molecule has 96 valence electrons. The number of hydrogen-bond donors (Lipinski definition) is 2. The summed E-state index contributed by atoms with van der Waals surface area (Å²) in [5, 5.41) is 4.09. The minimum Gasteiger partial charge on any atom is -0.490 e. The largest absolute Gasteiger partial charge is 0.490 e. The van der Waals surface area contributed by atoms with Gasteiger partial charge in [0.15, 0.2) is 16.6 Å². The lowest BCUT2D eigenvalue weighted by Gasteiger charge is -2.26. The average Bonchev–Trinajstić information content (AvgIpc) is 2.94. The van der Waals surface area contributed by atoms with E-state index in [0.717, 1.165) is 18.0 Å². The molecule has 2 rings (SSSR count). The van der Waals surface area contributed by atoms with Gasteiger partial charge in [-0.05, 0) is 11.5 Å². The summed E-state index contributed by atoms with van der Waals surface area (Å²) in [7, 11) is 3.28. The Balaban J connectivity index is 2.01. The van der Waals surface area contributed by atoms with E-state index in [1.165, 1.54) is 11.5 Å². The predicted octanol–water partition coefficient (Wildman–Crippen LogP) is 0.951. The molecule has 1 saturated heterocycles. The number of ether oxygens (including phenoxy) is 3. The van der Waals surface area contributed by atoms with Crippen LogP contribution in [-0.4, -0.2) is 44.0 Å². The first kappa shape index (κ1) is 12.4. The molecule has 6 nitrogen and oxygen atoms in total. The van der Waals surface area contributed by atoms with Gasteiger partial charge >= 0.3 is 0 Å². The van der Waals surface area contributed by atoms with Gasteiger partial charge in [0.05, 0.1) is 13.7 Å². The van der Waals surface area contributed by atoms with Crippen molar-refractivity contribution in [3.8, 4) is 5.75 Å². The third kappa shape index (κ3) is 2.46. The molecule has 0 aromatic carbocycles. The zero-order chi connectivity index (χ0) is 12.3. The number of nitrogen functional groups attached to an aromatic ring is 1. The van der Waals surface area contributed by atoms with Gasteiger partial charge in [-0.15, -0.1) is 0 Å². The van der Waals surface area contributed by atoms with Crippen molar-refractivity contribution in [1.29, 1.82) is 0 Å². The average molecular weight is 259 g/mol. The highest BCUT2D eigenvalue weighted by molar-refractivity contribution is 7.11. The van der Waals surface area contributed by atoms with Crippen molar-refractivity contribution in [2.24, 2.45) is 0 Å². The molecule has 7 heteroatoms. The number of aromatic nitrogens is 1. The van der Waals surface area contributed by atoms with Gasteiger partial charge in [-0.2, -0.15) is 4.37 Å². The molecule has 0 spiro atoms. The molecule has 0 saturated carbocycles. The first-order valence-corrected chi connectivity index (χ1v) is 6.14. The summed E-state index contributed by atoms with van der Waals surface area (Å²) in [5.41, 5.74) is 5.42. The van der Waals surface area contributed by atoms with E-state index in [4.69, 9.17) is 19.9 Å². The molecule has 1 aliphatic heterocycles. The Labute approximate surface area is 104 Å². The number of anilines is 2. The first-order valence-electron chi connectivity index (χ1n) is 5.37. The Morgan fingerprint density at radius 1 is 1.59 bits per heavy atom. The molecule has 1 aromatic rings. The third-order valence-electron chi connectivity index (χ3n) is 2.95. The van der Waals surface area contributed by atoms with Crippen LogP contribution in [0.4, 0.5) is 10.8 Å². The molecule has 1 aliphatic rings. The number of hydrogen-bond acceptors (Lipinski definition) is 7. The summed E-state index contributed by atoms with van der Waals surface area (Å²) >= 11 is 1.29. The highest BCUT2D eigenvalue weighted by atomic mass is 32.1. The van der Waals surface area contributed by atoms with Crippen LogP contribution in [-0.2, 0) is 9.47 Å². The topological polar surface area (TPSA) is 78.6 Å². The molecule has 1 atom stereocenters. The maximum Gasteiger partial charge on any atom is 0.197 e. The lowest BCUT2D eigenvalue weighted by atomic mass is 10.0.